The first-order valence-corrected chi connectivity index (χ1v) is 8.03. The minimum Gasteiger partial charge on any atom is -0.478 e. The molecule has 0 radical (unpaired) electrons. The molecule has 1 aliphatic rings. The van der Waals surface area contributed by atoms with E-state index >= 15 is 0 Å². The van der Waals surface area contributed by atoms with Crippen LogP contribution >= 0.6 is 0 Å². The van der Waals surface area contributed by atoms with Crippen LogP contribution in [0.2, 0.25) is 0 Å². The van der Waals surface area contributed by atoms with Crippen molar-refractivity contribution in [3.05, 3.63) is 52.1 Å². The van der Waals surface area contributed by atoms with Crippen LogP contribution in [-0.4, -0.2) is 45.4 Å². The molecule has 0 saturated heterocycles. The van der Waals surface area contributed by atoms with E-state index in [2.05, 4.69) is 10.3 Å². The van der Waals surface area contributed by atoms with Crippen LogP contribution < -0.4 is 15.0 Å². The number of carboxylic acids is 1. The SMILES string of the molecule is CC1Oc2ccc([N+](=O)[O-])nc2N(CC(=O)Nc2ccc(C(=O)O)cc2)C1=O. The number of ether oxygens (including phenoxy) is 1. The molecule has 0 bridgehead atoms. The number of anilines is 2. The standard InChI is InChI=1S/C17H14N4O7/c1-9-16(23)20(15-12(28-9)6-7-13(19-15)21(26)27)8-14(22)18-11-4-2-10(3-5-11)17(24)25/h2-7,9H,8H2,1H3,(H,18,22)(H,24,25). The lowest BCUT2D eigenvalue weighted by Crippen LogP contribution is -2.48. The lowest BCUT2D eigenvalue weighted by atomic mass is 10.2. The molecular weight excluding hydrogens is 372 g/mol. The van der Waals surface area contributed by atoms with Crippen molar-refractivity contribution in [3.8, 4) is 5.75 Å². The molecule has 1 aromatic heterocycles. The topological polar surface area (TPSA) is 152 Å². The Kier molecular flexibility index (Phi) is 4.90. The second-order valence-electron chi connectivity index (χ2n) is 5.86. The van der Waals surface area contributed by atoms with Crippen molar-refractivity contribution in [1.29, 1.82) is 0 Å². The lowest BCUT2D eigenvalue weighted by molar-refractivity contribution is -0.389. The van der Waals surface area contributed by atoms with Gasteiger partial charge in [0, 0.05) is 11.8 Å². The number of hydrogen-bond acceptors (Lipinski definition) is 7. The maximum atomic E-state index is 12.4. The van der Waals surface area contributed by atoms with Gasteiger partial charge in [0.25, 0.3) is 11.7 Å². The molecule has 1 aliphatic heterocycles. The molecule has 144 valence electrons. The summed E-state index contributed by atoms with van der Waals surface area (Å²) in [6, 6.07) is 7.91. The van der Waals surface area contributed by atoms with Crippen molar-refractivity contribution in [1.82, 2.24) is 4.98 Å². The highest BCUT2D eigenvalue weighted by molar-refractivity contribution is 6.05. The van der Waals surface area contributed by atoms with Crippen LogP contribution in [0.3, 0.4) is 0 Å². The quantitative estimate of drug-likeness (QED) is 0.578. The zero-order valence-electron chi connectivity index (χ0n) is 14.5. The number of nitro groups is 1. The van der Waals surface area contributed by atoms with Crippen molar-refractivity contribution in [2.75, 3.05) is 16.8 Å². The van der Waals surface area contributed by atoms with E-state index in [0.29, 0.717) is 5.69 Å². The third-order valence-corrected chi connectivity index (χ3v) is 3.90. The van der Waals surface area contributed by atoms with Crippen molar-refractivity contribution in [3.63, 3.8) is 0 Å². The van der Waals surface area contributed by atoms with Gasteiger partial charge in [0.2, 0.25) is 5.91 Å². The van der Waals surface area contributed by atoms with Crippen LogP contribution in [0.15, 0.2) is 36.4 Å². The van der Waals surface area contributed by atoms with E-state index in [0.717, 1.165) is 11.0 Å². The van der Waals surface area contributed by atoms with Crippen molar-refractivity contribution in [2.45, 2.75) is 13.0 Å². The monoisotopic (exact) mass is 386 g/mol. The molecule has 0 saturated carbocycles. The van der Waals surface area contributed by atoms with Crippen molar-refractivity contribution < 1.29 is 29.2 Å². The maximum absolute atomic E-state index is 12.4. The third kappa shape index (κ3) is 3.72. The number of carbonyl (C=O) groups is 3. The number of nitrogens with zero attached hydrogens (tertiary/aromatic N) is 3. The summed E-state index contributed by atoms with van der Waals surface area (Å²) in [6.45, 7) is 1.04. The Hall–Kier alpha value is -4.02. The van der Waals surface area contributed by atoms with Gasteiger partial charge in [0.15, 0.2) is 11.9 Å². The smallest absolute Gasteiger partial charge is 0.366 e. The molecule has 2 amide bonds. The number of pyridine rings is 1. The largest absolute Gasteiger partial charge is 0.478 e. The highest BCUT2D eigenvalue weighted by Crippen LogP contribution is 2.33. The Morgan fingerprint density at radius 3 is 2.57 bits per heavy atom. The number of hydrogen-bond donors (Lipinski definition) is 2. The highest BCUT2D eigenvalue weighted by Gasteiger charge is 2.37. The molecule has 1 aromatic carbocycles. The van der Waals surface area contributed by atoms with Gasteiger partial charge < -0.3 is 25.3 Å². The predicted octanol–water partition coefficient (Wildman–Crippen LogP) is 1.44. The summed E-state index contributed by atoms with van der Waals surface area (Å²) in [5.41, 5.74) is 0.386. The van der Waals surface area contributed by atoms with Gasteiger partial charge in [-0.15, -0.1) is 0 Å². The first kappa shape index (κ1) is 18.8. The summed E-state index contributed by atoms with van der Waals surface area (Å²) in [7, 11) is 0. The summed E-state index contributed by atoms with van der Waals surface area (Å²) in [4.78, 5) is 50.7. The van der Waals surface area contributed by atoms with Gasteiger partial charge >= 0.3 is 11.8 Å². The number of nitrogens with one attached hydrogen (secondary N) is 1. The van der Waals surface area contributed by atoms with E-state index in [1.165, 1.54) is 37.3 Å². The summed E-state index contributed by atoms with van der Waals surface area (Å²) in [5.74, 6) is -2.72. The summed E-state index contributed by atoms with van der Waals surface area (Å²) >= 11 is 0. The first-order valence-electron chi connectivity index (χ1n) is 8.03. The van der Waals surface area contributed by atoms with Gasteiger partial charge in [-0.2, -0.15) is 0 Å². The molecule has 0 fully saturated rings. The van der Waals surface area contributed by atoms with Gasteiger partial charge in [-0.05, 0) is 47.2 Å². The number of benzene rings is 1. The molecule has 1 atom stereocenters. The van der Waals surface area contributed by atoms with Crippen molar-refractivity contribution >= 4 is 35.1 Å². The number of fused-ring (bicyclic) bond motifs is 1. The summed E-state index contributed by atoms with van der Waals surface area (Å²) < 4.78 is 5.38. The Balaban J connectivity index is 1.81. The molecule has 0 aliphatic carbocycles. The van der Waals surface area contributed by atoms with Crippen LogP contribution in [0.1, 0.15) is 17.3 Å². The number of aromatic carboxylic acids is 1. The fraction of sp³-hybridized carbons (Fsp3) is 0.176. The van der Waals surface area contributed by atoms with Crippen molar-refractivity contribution in [2.24, 2.45) is 0 Å². The zero-order chi connectivity index (χ0) is 20.4. The fourth-order valence-electron chi connectivity index (χ4n) is 2.57. The zero-order valence-corrected chi connectivity index (χ0v) is 14.5. The number of carbonyl (C=O) groups excluding carboxylic acids is 2. The Morgan fingerprint density at radius 2 is 1.96 bits per heavy atom. The van der Waals surface area contributed by atoms with Gasteiger partial charge in [-0.3, -0.25) is 14.5 Å². The van der Waals surface area contributed by atoms with Crippen LogP contribution in [-0.2, 0) is 9.59 Å². The van der Waals surface area contributed by atoms with Crippen LogP contribution in [0.25, 0.3) is 0 Å². The van der Waals surface area contributed by atoms with E-state index in [9.17, 15) is 24.5 Å². The molecule has 2 aromatic rings. The molecule has 2 heterocycles. The lowest BCUT2D eigenvalue weighted by Gasteiger charge is -2.28. The molecule has 11 nitrogen and oxygen atoms in total. The second kappa shape index (κ2) is 7.31. The molecule has 0 spiro atoms. The molecule has 1 unspecified atom stereocenters. The van der Waals surface area contributed by atoms with E-state index < -0.39 is 41.2 Å². The Morgan fingerprint density at radius 1 is 1.29 bits per heavy atom. The first-order chi connectivity index (χ1) is 13.3. The third-order valence-electron chi connectivity index (χ3n) is 3.90. The average Bonchev–Trinajstić information content (AvgIpc) is 2.65. The normalized spacial score (nSPS) is 15.4. The van der Waals surface area contributed by atoms with E-state index in [4.69, 9.17) is 9.84 Å². The van der Waals surface area contributed by atoms with Gasteiger partial charge in [-0.1, -0.05) is 0 Å². The number of rotatable bonds is 5. The predicted molar refractivity (Wildman–Crippen MR) is 95.4 cm³/mol. The second-order valence-corrected chi connectivity index (χ2v) is 5.86. The minimum absolute atomic E-state index is 0.0561. The summed E-state index contributed by atoms with van der Waals surface area (Å²) in [5, 5.41) is 22.4. The summed E-state index contributed by atoms with van der Waals surface area (Å²) in [6.07, 6.45) is -0.890. The number of amides is 2. The average molecular weight is 386 g/mol. The van der Waals surface area contributed by atoms with Gasteiger partial charge in [0.05, 0.1) is 5.56 Å². The Labute approximate surface area is 157 Å². The van der Waals surface area contributed by atoms with Crippen LogP contribution in [0.4, 0.5) is 17.3 Å². The fourth-order valence-corrected chi connectivity index (χ4v) is 2.57. The molecule has 28 heavy (non-hydrogen) atoms. The van der Waals surface area contributed by atoms with Crippen LogP contribution in [0, 0.1) is 10.1 Å². The van der Waals surface area contributed by atoms with E-state index in [1.807, 2.05) is 0 Å². The van der Waals surface area contributed by atoms with Gasteiger partial charge in [-0.25, -0.2) is 4.79 Å². The minimum atomic E-state index is -1.10. The van der Waals surface area contributed by atoms with Gasteiger partial charge in [0.1, 0.15) is 6.54 Å². The molecule has 11 heteroatoms. The molecule has 3 rings (SSSR count). The van der Waals surface area contributed by atoms with E-state index in [1.54, 1.807) is 0 Å². The van der Waals surface area contributed by atoms with E-state index in [-0.39, 0.29) is 17.1 Å². The van der Waals surface area contributed by atoms with Crippen LogP contribution in [0.5, 0.6) is 5.75 Å². The maximum Gasteiger partial charge on any atom is 0.366 e. The highest BCUT2D eigenvalue weighted by atomic mass is 16.6. The molecule has 2 N–H and O–H groups in total. The molecular formula is C17H14N4O7. The number of carboxylic acid groups (broad SMARTS) is 1. The Bertz CT molecular complexity index is 974. The number of aromatic nitrogens is 1.